The number of carbonyl (C=O) groups is 2. The van der Waals surface area contributed by atoms with Crippen LogP contribution in [0.4, 0.5) is 0 Å². The molecule has 1 amide bonds. The van der Waals surface area contributed by atoms with Crippen LogP contribution in [0.2, 0.25) is 0 Å². The van der Waals surface area contributed by atoms with Crippen LogP contribution >= 0.6 is 0 Å². The predicted molar refractivity (Wildman–Crippen MR) is 87.8 cm³/mol. The Morgan fingerprint density at radius 3 is 2.57 bits per heavy atom. The van der Waals surface area contributed by atoms with E-state index >= 15 is 0 Å². The van der Waals surface area contributed by atoms with Gasteiger partial charge in [-0.05, 0) is 42.7 Å². The van der Waals surface area contributed by atoms with E-state index in [-0.39, 0.29) is 11.5 Å². The Balaban J connectivity index is 1.76. The fourth-order valence-electron chi connectivity index (χ4n) is 3.21. The van der Waals surface area contributed by atoms with Crippen molar-refractivity contribution in [1.29, 1.82) is 0 Å². The molecule has 1 fully saturated rings. The number of carboxylic acids is 1. The highest BCUT2D eigenvalue weighted by atomic mass is 16.4. The van der Waals surface area contributed by atoms with Crippen LogP contribution in [0, 0.1) is 6.92 Å². The minimum atomic E-state index is -1.01. The Kier molecular flexibility index (Phi) is 4.15. The van der Waals surface area contributed by atoms with E-state index in [4.69, 9.17) is 5.11 Å². The molecule has 2 aromatic rings. The first-order chi connectivity index (χ1) is 11.1. The second kappa shape index (κ2) is 6.24. The molecular formula is C19H19NO3. The third-order valence-corrected chi connectivity index (χ3v) is 4.46. The smallest absolute Gasteiger partial charge is 0.335 e. The summed E-state index contributed by atoms with van der Waals surface area (Å²) in [6.07, 6.45) is 0.940. The van der Waals surface area contributed by atoms with E-state index in [9.17, 15) is 9.59 Å². The van der Waals surface area contributed by atoms with Crippen LogP contribution in [0.5, 0.6) is 0 Å². The molecule has 1 aliphatic rings. The van der Waals surface area contributed by atoms with Crippen LogP contribution in [0.3, 0.4) is 0 Å². The summed E-state index contributed by atoms with van der Waals surface area (Å²) in [6, 6.07) is 14.5. The minimum Gasteiger partial charge on any atom is -0.478 e. The zero-order valence-corrected chi connectivity index (χ0v) is 13.0. The molecule has 1 unspecified atom stereocenters. The first-order valence-electron chi connectivity index (χ1n) is 7.74. The van der Waals surface area contributed by atoms with Gasteiger partial charge in [-0.2, -0.15) is 0 Å². The van der Waals surface area contributed by atoms with E-state index in [0.717, 1.165) is 6.42 Å². The third kappa shape index (κ3) is 3.11. The number of carbonyl (C=O) groups excluding carboxylic acids is 1. The van der Waals surface area contributed by atoms with Gasteiger partial charge in [-0.25, -0.2) is 4.79 Å². The molecule has 118 valence electrons. The van der Waals surface area contributed by atoms with E-state index in [0.29, 0.717) is 24.6 Å². The Hall–Kier alpha value is -2.62. The quantitative estimate of drug-likeness (QED) is 0.946. The summed E-state index contributed by atoms with van der Waals surface area (Å²) in [5.74, 6) is -0.758. The fraction of sp³-hybridized carbons (Fsp3) is 0.263. The van der Waals surface area contributed by atoms with E-state index in [1.165, 1.54) is 23.3 Å². The fourth-order valence-corrected chi connectivity index (χ4v) is 3.21. The maximum atomic E-state index is 12.6. The van der Waals surface area contributed by atoms with Crippen LogP contribution in [0.15, 0.2) is 48.5 Å². The molecule has 0 bridgehead atoms. The number of nitrogens with zero attached hydrogens (tertiary/aromatic N) is 1. The van der Waals surface area contributed by atoms with E-state index in [2.05, 4.69) is 19.1 Å². The summed E-state index contributed by atoms with van der Waals surface area (Å²) in [7, 11) is 0. The molecule has 4 heteroatoms. The van der Waals surface area contributed by atoms with E-state index < -0.39 is 5.97 Å². The van der Waals surface area contributed by atoms with E-state index in [1.807, 2.05) is 17.0 Å². The molecule has 1 atom stereocenters. The molecule has 2 aromatic carbocycles. The largest absolute Gasteiger partial charge is 0.478 e. The molecule has 3 rings (SSSR count). The van der Waals surface area contributed by atoms with Gasteiger partial charge in [0, 0.05) is 24.6 Å². The molecule has 0 aliphatic carbocycles. The molecule has 1 N–H and O–H groups in total. The number of amides is 1. The van der Waals surface area contributed by atoms with Gasteiger partial charge in [0.1, 0.15) is 0 Å². The van der Waals surface area contributed by atoms with Crippen molar-refractivity contribution in [3.63, 3.8) is 0 Å². The third-order valence-electron chi connectivity index (χ3n) is 4.46. The molecule has 1 heterocycles. The average molecular weight is 309 g/mol. The lowest BCUT2D eigenvalue weighted by Crippen LogP contribution is -2.28. The summed E-state index contributed by atoms with van der Waals surface area (Å²) >= 11 is 0. The number of hydrogen-bond donors (Lipinski definition) is 1. The van der Waals surface area contributed by atoms with Gasteiger partial charge in [0.15, 0.2) is 0 Å². The number of hydrogen-bond acceptors (Lipinski definition) is 2. The van der Waals surface area contributed by atoms with Crippen molar-refractivity contribution in [2.75, 3.05) is 13.1 Å². The molecule has 0 spiro atoms. The average Bonchev–Trinajstić information content (AvgIpc) is 3.04. The molecule has 4 nitrogen and oxygen atoms in total. The summed E-state index contributed by atoms with van der Waals surface area (Å²) in [5.41, 5.74) is 3.13. The maximum Gasteiger partial charge on any atom is 0.335 e. The molecule has 0 aromatic heterocycles. The van der Waals surface area contributed by atoms with Crippen LogP contribution in [-0.2, 0) is 0 Å². The van der Waals surface area contributed by atoms with Gasteiger partial charge in [0.05, 0.1) is 5.56 Å². The van der Waals surface area contributed by atoms with Crippen LogP contribution in [0.1, 0.15) is 44.2 Å². The number of aromatic carboxylic acids is 1. The topological polar surface area (TPSA) is 57.6 Å². The van der Waals surface area contributed by atoms with Crippen molar-refractivity contribution in [3.05, 3.63) is 70.8 Å². The van der Waals surface area contributed by atoms with Gasteiger partial charge >= 0.3 is 5.97 Å². The van der Waals surface area contributed by atoms with Gasteiger partial charge in [0.2, 0.25) is 0 Å². The van der Waals surface area contributed by atoms with Crippen LogP contribution < -0.4 is 0 Å². The highest BCUT2D eigenvalue weighted by molar-refractivity contribution is 5.97. The maximum absolute atomic E-state index is 12.6. The van der Waals surface area contributed by atoms with Gasteiger partial charge in [-0.1, -0.05) is 30.3 Å². The predicted octanol–water partition coefficient (Wildman–Crippen LogP) is 3.32. The van der Waals surface area contributed by atoms with Gasteiger partial charge < -0.3 is 10.0 Å². The summed E-state index contributed by atoms with van der Waals surface area (Å²) in [6.45, 7) is 3.48. The van der Waals surface area contributed by atoms with Crippen LogP contribution in [0.25, 0.3) is 0 Å². The SMILES string of the molecule is Cc1ccccc1C1CCN(C(=O)c2cccc(C(=O)O)c2)C1. The molecule has 23 heavy (non-hydrogen) atoms. The zero-order valence-electron chi connectivity index (χ0n) is 13.0. The first-order valence-corrected chi connectivity index (χ1v) is 7.74. The number of likely N-dealkylation sites (tertiary alicyclic amines) is 1. The second-order valence-corrected chi connectivity index (χ2v) is 5.98. The summed E-state index contributed by atoms with van der Waals surface area (Å²) < 4.78 is 0. The first kappa shape index (κ1) is 15.3. The lowest BCUT2D eigenvalue weighted by molar-refractivity contribution is 0.0697. The summed E-state index contributed by atoms with van der Waals surface area (Å²) in [5, 5.41) is 9.05. The van der Waals surface area contributed by atoms with Gasteiger partial charge in [-0.3, -0.25) is 4.79 Å². The monoisotopic (exact) mass is 309 g/mol. The summed E-state index contributed by atoms with van der Waals surface area (Å²) in [4.78, 5) is 25.5. The Labute approximate surface area is 135 Å². The Bertz CT molecular complexity index is 754. The Morgan fingerprint density at radius 1 is 1.09 bits per heavy atom. The molecule has 1 saturated heterocycles. The number of rotatable bonds is 3. The zero-order chi connectivity index (χ0) is 16.4. The van der Waals surface area contributed by atoms with Crippen molar-refractivity contribution in [2.45, 2.75) is 19.3 Å². The minimum absolute atomic E-state index is 0.0933. The van der Waals surface area contributed by atoms with Gasteiger partial charge in [-0.15, -0.1) is 0 Å². The Morgan fingerprint density at radius 2 is 1.83 bits per heavy atom. The molecule has 0 radical (unpaired) electrons. The van der Waals surface area contributed by atoms with Crippen LogP contribution in [-0.4, -0.2) is 35.0 Å². The molecule has 1 aliphatic heterocycles. The van der Waals surface area contributed by atoms with Crippen molar-refractivity contribution < 1.29 is 14.7 Å². The van der Waals surface area contributed by atoms with E-state index in [1.54, 1.807) is 12.1 Å². The van der Waals surface area contributed by atoms with Crippen molar-refractivity contribution >= 4 is 11.9 Å². The lowest BCUT2D eigenvalue weighted by Gasteiger charge is -2.18. The number of aryl methyl sites for hydroxylation is 1. The highest BCUT2D eigenvalue weighted by Gasteiger charge is 2.28. The van der Waals surface area contributed by atoms with Crippen molar-refractivity contribution in [2.24, 2.45) is 0 Å². The second-order valence-electron chi connectivity index (χ2n) is 5.98. The standard InChI is InChI=1S/C19H19NO3/c1-13-5-2-3-8-17(13)16-9-10-20(12-16)18(21)14-6-4-7-15(11-14)19(22)23/h2-8,11,16H,9-10,12H2,1H3,(H,22,23). The molecular weight excluding hydrogens is 290 g/mol. The van der Waals surface area contributed by atoms with Gasteiger partial charge in [0.25, 0.3) is 5.91 Å². The number of benzene rings is 2. The van der Waals surface area contributed by atoms with Crippen molar-refractivity contribution in [3.8, 4) is 0 Å². The number of carboxylic acid groups (broad SMARTS) is 1. The molecule has 0 saturated carbocycles. The lowest BCUT2D eigenvalue weighted by atomic mass is 9.94. The highest BCUT2D eigenvalue weighted by Crippen LogP contribution is 2.30. The van der Waals surface area contributed by atoms with Crippen molar-refractivity contribution in [1.82, 2.24) is 4.90 Å². The normalized spacial score (nSPS) is 17.3.